The summed E-state index contributed by atoms with van der Waals surface area (Å²) in [6.07, 6.45) is -4.37. The van der Waals surface area contributed by atoms with E-state index < -0.39 is 20.1 Å². The largest absolute Gasteiger partial charge is 0.543 e. The van der Waals surface area contributed by atoms with Gasteiger partial charge in [0.25, 0.3) is 0 Å². The zero-order chi connectivity index (χ0) is 12.6. The van der Waals surface area contributed by atoms with Gasteiger partial charge in [0, 0.05) is 0 Å². The summed E-state index contributed by atoms with van der Waals surface area (Å²) in [7, 11) is -1.86. The Bertz CT molecular complexity index is 385. The second-order valence-electron chi connectivity index (χ2n) is 4.36. The van der Waals surface area contributed by atoms with Gasteiger partial charge in [0.1, 0.15) is 5.75 Å². The van der Waals surface area contributed by atoms with Gasteiger partial charge in [-0.2, -0.15) is 13.2 Å². The van der Waals surface area contributed by atoms with Crippen LogP contribution in [0.25, 0.3) is 0 Å². The lowest BCUT2D eigenvalue weighted by Gasteiger charge is -2.20. The van der Waals surface area contributed by atoms with Crippen molar-refractivity contribution in [3.63, 3.8) is 0 Å². The van der Waals surface area contributed by atoms with E-state index in [1.54, 1.807) is 0 Å². The summed E-state index contributed by atoms with van der Waals surface area (Å²) in [5, 5.41) is -0.00255. The first-order valence-corrected chi connectivity index (χ1v) is 8.44. The molecular formula is C10H12ClF3OSi. The molecule has 0 aliphatic rings. The normalized spacial score (nSPS) is 12.7. The van der Waals surface area contributed by atoms with Gasteiger partial charge in [-0.15, -0.1) is 0 Å². The van der Waals surface area contributed by atoms with E-state index in [0.29, 0.717) is 5.75 Å². The first kappa shape index (κ1) is 13.4. The maximum atomic E-state index is 12.3. The Kier molecular flexibility index (Phi) is 3.59. The van der Waals surface area contributed by atoms with E-state index in [2.05, 4.69) is 0 Å². The molecule has 16 heavy (non-hydrogen) atoms. The smallest absolute Gasteiger partial charge is 0.416 e. The molecule has 0 amide bonds. The molecule has 0 unspecified atom stereocenters. The van der Waals surface area contributed by atoms with Crippen molar-refractivity contribution in [3.8, 4) is 5.75 Å². The standard InChI is InChI=1S/C10H12ClF3OSi/c1-16(2,3)15-9-5-4-7(6-8(9)11)10(12,13)14/h4-6H,1-3H3. The Hall–Kier alpha value is -0.683. The number of rotatable bonds is 2. The lowest BCUT2D eigenvalue weighted by atomic mass is 10.2. The van der Waals surface area contributed by atoms with Crippen LogP contribution < -0.4 is 4.43 Å². The van der Waals surface area contributed by atoms with E-state index in [9.17, 15) is 13.2 Å². The minimum Gasteiger partial charge on any atom is -0.543 e. The molecule has 0 bridgehead atoms. The average molecular weight is 269 g/mol. The van der Waals surface area contributed by atoms with Crippen LogP contribution in [0.3, 0.4) is 0 Å². The first-order valence-electron chi connectivity index (χ1n) is 4.65. The number of hydrogen-bond donors (Lipinski definition) is 0. The number of hydrogen-bond acceptors (Lipinski definition) is 1. The highest BCUT2D eigenvalue weighted by molar-refractivity contribution is 6.70. The third-order valence-corrected chi connectivity index (χ3v) is 2.80. The molecule has 0 saturated carbocycles. The number of alkyl halides is 3. The summed E-state index contributed by atoms with van der Waals surface area (Å²) < 4.78 is 42.6. The summed E-state index contributed by atoms with van der Waals surface area (Å²) >= 11 is 5.74. The molecule has 0 N–H and O–H groups in total. The number of halogens is 4. The monoisotopic (exact) mass is 268 g/mol. The summed E-state index contributed by atoms with van der Waals surface area (Å²) in [5.74, 6) is 0.314. The van der Waals surface area contributed by atoms with Gasteiger partial charge in [0.05, 0.1) is 10.6 Å². The van der Waals surface area contributed by atoms with E-state index in [0.717, 1.165) is 12.1 Å². The van der Waals surface area contributed by atoms with Gasteiger partial charge in [0.15, 0.2) is 0 Å². The molecule has 0 atom stereocenters. The molecule has 1 aromatic carbocycles. The van der Waals surface area contributed by atoms with E-state index in [-0.39, 0.29) is 5.02 Å². The quantitative estimate of drug-likeness (QED) is 0.714. The second-order valence-corrected chi connectivity index (χ2v) is 9.19. The summed E-state index contributed by atoms with van der Waals surface area (Å²) in [6, 6.07) is 3.13. The Labute approximate surface area is 98.3 Å². The molecule has 0 spiro atoms. The molecule has 0 aliphatic heterocycles. The highest BCUT2D eigenvalue weighted by Crippen LogP contribution is 2.35. The molecule has 6 heteroatoms. The van der Waals surface area contributed by atoms with Gasteiger partial charge in [-0.1, -0.05) is 11.6 Å². The Morgan fingerprint density at radius 2 is 1.75 bits per heavy atom. The van der Waals surface area contributed by atoms with Gasteiger partial charge in [-0.25, -0.2) is 0 Å². The average Bonchev–Trinajstić information content (AvgIpc) is 2.04. The molecule has 0 saturated heterocycles. The van der Waals surface area contributed by atoms with Crippen molar-refractivity contribution >= 4 is 19.9 Å². The van der Waals surface area contributed by atoms with Gasteiger partial charge >= 0.3 is 6.18 Å². The van der Waals surface area contributed by atoms with Crippen molar-refractivity contribution in [2.24, 2.45) is 0 Å². The van der Waals surface area contributed by atoms with E-state index in [1.807, 2.05) is 19.6 Å². The minimum absolute atomic E-state index is 0.00255. The van der Waals surface area contributed by atoms with Crippen molar-refractivity contribution in [2.75, 3.05) is 0 Å². The fourth-order valence-corrected chi connectivity index (χ4v) is 2.21. The summed E-state index contributed by atoms with van der Waals surface area (Å²) in [5.41, 5.74) is -0.763. The molecule has 90 valence electrons. The van der Waals surface area contributed by atoms with Crippen LogP contribution >= 0.6 is 11.6 Å². The SMILES string of the molecule is C[Si](C)(C)Oc1ccc(C(F)(F)F)cc1Cl. The van der Waals surface area contributed by atoms with Crippen molar-refractivity contribution in [3.05, 3.63) is 28.8 Å². The summed E-state index contributed by atoms with van der Waals surface area (Å²) in [6.45, 7) is 5.79. The zero-order valence-electron chi connectivity index (χ0n) is 9.15. The van der Waals surface area contributed by atoms with Crippen LogP contribution in [0.15, 0.2) is 18.2 Å². The molecule has 1 rings (SSSR count). The van der Waals surface area contributed by atoms with Gasteiger partial charge in [-0.05, 0) is 37.8 Å². The molecule has 0 radical (unpaired) electrons. The van der Waals surface area contributed by atoms with Crippen LogP contribution in [0, 0.1) is 0 Å². The fourth-order valence-electron chi connectivity index (χ4n) is 1.09. The Morgan fingerprint density at radius 1 is 1.19 bits per heavy atom. The van der Waals surface area contributed by atoms with Crippen molar-refractivity contribution in [1.82, 2.24) is 0 Å². The zero-order valence-corrected chi connectivity index (χ0v) is 10.9. The lowest BCUT2D eigenvalue weighted by molar-refractivity contribution is -0.137. The fraction of sp³-hybridized carbons (Fsp3) is 0.400. The molecule has 0 fully saturated rings. The van der Waals surface area contributed by atoms with Crippen molar-refractivity contribution in [2.45, 2.75) is 25.8 Å². The Morgan fingerprint density at radius 3 is 2.12 bits per heavy atom. The van der Waals surface area contributed by atoms with Crippen molar-refractivity contribution in [1.29, 1.82) is 0 Å². The molecular weight excluding hydrogens is 257 g/mol. The Balaban J connectivity index is 3.01. The second kappa shape index (κ2) is 4.29. The first-order chi connectivity index (χ1) is 7.09. The third-order valence-electron chi connectivity index (χ3n) is 1.68. The lowest BCUT2D eigenvalue weighted by Crippen LogP contribution is -2.29. The molecule has 0 aliphatic carbocycles. The summed E-state index contributed by atoms with van der Waals surface area (Å²) in [4.78, 5) is 0. The minimum atomic E-state index is -4.37. The van der Waals surface area contributed by atoms with Crippen LogP contribution in [0.5, 0.6) is 5.75 Å². The predicted molar refractivity (Wildman–Crippen MR) is 60.4 cm³/mol. The molecule has 1 nitrogen and oxygen atoms in total. The maximum Gasteiger partial charge on any atom is 0.416 e. The van der Waals surface area contributed by atoms with Crippen LogP contribution in [0.4, 0.5) is 13.2 Å². The predicted octanol–water partition coefficient (Wildman–Crippen LogP) is 4.57. The highest BCUT2D eigenvalue weighted by atomic mass is 35.5. The van der Waals surface area contributed by atoms with Gasteiger partial charge in [0.2, 0.25) is 8.32 Å². The van der Waals surface area contributed by atoms with E-state index in [4.69, 9.17) is 16.0 Å². The molecule has 0 aromatic heterocycles. The van der Waals surface area contributed by atoms with Gasteiger partial charge in [-0.3, -0.25) is 0 Å². The van der Waals surface area contributed by atoms with Crippen LogP contribution in [0.2, 0.25) is 24.7 Å². The maximum absolute atomic E-state index is 12.3. The third kappa shape index (κ3) is 3.72. The van der Waals surface area contributed by atoms with Gasteiger partial charge < -0.3 is 4.43 Å². The van der Waals surface area contributed by atoms with Crippen LogP contribution in [-0.2, 0) is 6.18 Å². The molecule has 1 aromatic rings. The van der Waals surface area contributed by atoms with E-state index >= 15 is 0 Å². The molecule has 0 heterocycles. The van der Waals surface area contributed by atoms with E-state index in [1.165, 1.54) is 6.07 Å². The number of benzene rings is 1. The van der Waals surface area contributed by atoms with Crippen molar-refractivity contribution < 1.29 is 17.6 Å². The topological polar surface area (TPSA) is 9.23 Å². The van der Waals surface area contributed by atoms with Crippen LogP contribution in [-0.4, -0.2) is 8.32 Å². The highest BCUT2D eigenvalue weighted by Gasteiger charge is 2.31. The van der Waals surface area contributed by atoms with Crippen LogP contribution in [0.1, 0.15) is 5.56 Å².